The lowest BCUT2D eigenvalue weighted by Gasteiger charge is -2.38. The molecule has 0 bridgehead atoms. The molecule has 1 saturated heterocycles. The molecule has 1 fully saturated rings. The van der Waals surface area contributed by atoms with Crippen LogP contribution < -0.4 is 9.47 Å². The molecular formula is C24H23N3O4. The van der Waals surface area contributed by atoms with E-state index in [1.165, 1.54) is 0 Å². The second kappa shape index (κ2) is 8.35. The Bertz CT molecular complexity index is 1070. The molecule has 31 heavy (non-hydrogen) atoms. The van der Waals surface area contributed by atoms with Gasteiger partial charge in [0.2, 0.25) is 6.79 Å². The fraction of sp³-hybridized carbons (Fsp3) is 0.292. The third kappa shape index (κ3) is 3.96. The molecule has 3 aromatic rings. The van der Waals surface area contributed by atoms with Crippen LogP contribution in [0.2, 0.25) is 0 Å². The highest BCUT2D eigenvalue weighted by atomic mass is 16.7. The highest BCUT2D eigenvalue weighted by Crippen LogP contribution is 2.38. The molecule has 0 aliphatic carbocycles. The number of carbonyl (C=O) groups excluding carboxylic acids is 1. The number of benzene rings is 2. The summed E-state index contributed by atoms with van der Waals surface area (Å²) in [5.41, 5.74) is 2.46. The van der Waals surface area contributed by atoms with Gasteiger partial charge < -0.3 is 19.1 Å². The second-order valence-corrected chi connectivity index (χ2v) is 7.59. The Balaban J connectivity index is 1.45. The first-order valence-electron chi connectivity index (χ1n) is 10.4. The summed E-state index contributed by atoms with van der Waals surface area (Å²) in [5.74, 6) is 2.04. The maximum Gasteiger partial charge on any atom is 0.257 e. The van der Waals surface area contributed by atoms with Gasteiger partial charge in [0.25, 0.3) is 5.91 Å². The van der Waals surface area contributed by atoms with Crippen LogP contribution in [0.25, 0.3) is 0 Å². The molecule has 158 valence electrons. The van der Waals surface area contributed by atoms with E-state index in [0.717, 1.165) is 29.1 Å². The van der Waals surface area contributed by atoms with E-state index in [4.69, 9.17) is 14.2 Å². The van der Waals surface area contributed by atoms with Gasteiger partial charge in [0.05, 0.1) is 18.7 Å². The largest absolute Gasteiger partial charge is 0.454 e. The number of carbonyl (C=O) groups is 1. The van der Waals surface area contributed by atoms with Crippen LogP contribution in [0, 0.1) is 0 Å². The van der Waals surface area contributed by atoms with Gasteiger partial charge in [-0.1, -0.05) is 43.3 Å². The number of aryl methyl sites for hydroxylation is 1. The molecule has 3 heterocycles. The normalized spacial score (nSPS) is 20.0. The highest BCUT2D eigenvalue weighted by Gasteiger charge is 2.33. The Kier molecular flexibility index (Phi) is 5.26. The minimum atomic E-state index is -0.298. The molecule has 0 unspecified atom stereocenters. The van der Waals surface area contributed by atoms with E-state index in [2.05, 4.69) is 9.97 Å². The van der Waals surface area contributed by atoms with Crippen LogP contribution in [0.3, 0.4) is 0 Å². The molecule has 0 radical (unpaired) electrons. The Morgan fingerprint density at radius 3 is 2.42 bits per heavy atom. The van der Waals surface area contributed by atoms with Crippen molar-refractivity contribution in [1.29, 1.82) is 0 Å². The Hall–Kier alpha value is -3.45. The van der Waals surface area contributed by atoms with Crippen LogP contribution >= 0.6 is 0 Å². The first-order valence-corrected chi connectivity index (χ1v) is 10.4. The van der Waals surface area contributed by atoms with Gasteiger partial charge in [-0.2, -0.15) is 0 Å². The molecule has 2 aliphatic heterocycles. The van der Waals surface area contributed by atoms with E-state index in [1.807, 2.05) is 60.4 Å². The van der Waals surface area contributed by atoms with Crippen molar-refractivity contribution in [3.05, 3.63) is 83.4 Å². The van der Waals surface area contributed by atoms with Crippen molar-refractivity contribution >= 4 is 5.91 Å². The Morgan fingerprint density at radius 2 is 1.68 bits per heavy atom. The maximum atomic E-state index is 13.3. The zero-order valence-corrected chi connectivity index (χ0v) is 17.2. The number of hydrogen-bond donors (Lipinski definition) is 0. The fourth-order valence-electron chi connectivity index (χ4n) is 3.90. The van der Waals surface area contributed by atoms with Crippen LogP contribution in [-0.4, -0.2) is 40.7 Å². The molecule has 0 saturated carbocycles. The highest BCUT2D eigenvalue weighted by molar-refractivity contribution is 5.93. The zero-order chi connectivity index (χ0) is 21.2. The van der Waals surface area contributed by atoms with E-state index in [0.29, 0.717) is 24.4 Å². The number of aromatic nitrogens is 2. The van der Waals surface area contributed by atoms with Crippen molar-refractivity contribution < 1.29 is 19.0 Å². The summed E-state index contributed by atoms with van der Waals surface area (Å²) in [6.45, 7) is 3.09. The van der Waals surface area contributed by atoms with Crippen molar-refractivity contribution in [2.24, 2.45) is 0 Å². The van der Waals surface area contributed by atoms with E-state index in [1.54, 1.807) is 12.4 Å². The SMILES string of the molecule is CCc1ncc(C(=O)N2C[C@@H](c3ccccc3)O[C@@H](c3ccc4c(c3)OCO4)C2)cn1. The molecule has 7 nitrogen and oxygen atoms in total. The first-order chi connectivity index (χ1) is 15.2. The number of hydrogen-bond acceptors (Lipinski definition) is 6. The van der Waals surface area contributed by atoms with Crippen LogP contribution in [0.4, 0.5) is 0 Å². The summed E-state index contributed by atoms with van der Waals surface area (Å²) in [6.07, 6.45) is 3.40. The Labute approximate surface area is 180 Å². The maximum absolute atomic E-state index is 13.3. The van der Waals surface area contributed by atoms with Crippen LogP contribution in [0.5, 0.6) is 11.5 Å². The molecular weight excluding hydrogens is 394 g/mol. The summed E-state index contributed by atoms with van der Waals surface area (Å²) in [6, 6.07) is 15.8. The minimum Gasteiger partial charge on any atom is -0.454 e. The Morgan fingerprint density at radius 1 is 0.968 bits per heavy atom. The second-order valence-electron chi connectivity index (χ2n) is 7.59. The van der Waals surface area contributed by atoms with Crippen LogP contribution in [0.15, 0.2) is 60.9 Å². The number of ether oxygens (including phenoxy) is 3. The molecule has 2 aliphatic rings. The van der Waals surface area contributed by atoms with Crippen molar-refractivity contribution in [2.45, 2.75) is 25.6 Å². The first kappa shape index (κ1) is 19.5. The topological polar surface area (TPSA) is 73.8 Å². The molecule has 1 aromatic heterocycles. The van der Waals surface area contributed by atoms with Crippen LogP contribution in [0.1, 0.15) is 46.4 Å². The molecule has 0 N–H and O–H groups in total. The number of nitrogens with zero attached hydrogens (tertiary/aromatic N) is 3. The molecule has 1 amide bonds. The monoisotopic (exact) mass is 417 g/mol. The zero-order valence-electron chi connectivity index (χ0n) is 17.2. The molecule has 0 spiro atoms. The number of morpholine rings is 1. The fourth-order valence-corrected chi connectivity index (χ4v) is 3.90. The van der Waals surface area contributed by atoms with Gasteiger partial charge in [0, 0.05) is 18.8 Å². The molecule has 2 aromatic carbocycles. The summed E-state index contributed by atoms with van der Waals surface area (Å²) < 4.78 is 17.4. The van der Waals surface area contributed by atoms with Crippen molar-refractivity contribution in [1.82, 2.24) is 14.9 Å². The van der Waals surface area contributed by atoms with E-state index in [9.17, 15) is 4.79 Å². The lowest BCUT2D eigenvalue weighted by atomic mass is 10.0. The van der Waals surface area contributed by atoms with Gasteiger partial charge in [-0.15, -0.1) is 0 Å². The number of rotatable bonds is 4. The quantitative estimate of drug-likeness (QED) is 0.644. The van der Waals surface area contributed by atoms with Gasteiger partial charge in [0.1, 0.15) is 18.0 Å². The number of amides is 1. The third-order valence-corrected chi connectivity index (χ3v) is 5.60. The lowest BCUT2D eigenvalue weighted by Crippen LogP contribution is -2.43. The number of fused-ring (bicyclic) bond motifs is 1. The minimum absolute atomic E-state index is 0.0994. The van der Waals surface area contributed by atoms with E-state index < -0.39 is 0 Å². The summed E-state index contributed by atoms with van der Waals surface area (Å²) in [5, 5.41) is 0. The van der Waals surface area contributed by atoms with E-state index in [-0.39, 0.29) is 24.9 Å². The predicted molar refractivity (Wildman–Crippen MR) is 113 cm³/mol. The van der Waals surface area contributed by atoms with Gasteiger partial charge in [-0.25, -0.2) is 9.97 Å². The van der Waals surface area contributed by atoms with Gasteiger partial charge >= 0.3 is 0 Å². The van der Waals surface area contributed by atoms with Crippen molar-refractivity contribution in [3.8, 4) is 11.5 Å². The molecule has 2 atom stereocenters. The average Bonchev–Trinajstić information content (AvgIpc) is 3.32. The van der Waals surface area contributed by atoms with Gasteiger partial charge in [0.15, 0.2) is 11.5 Å². The van der Waals surface area contributed by atoms with Crippen molar-refractivity contribution in [3.63, 3.8) is 0 Å². The predicted octanol–water partition coefficient (Wildman–Crippen LogP) is 3.72. The van der Waals surface area contributed by atoms with Crippen LogP contribution in [-0.2, 0) is 11.2 Å². The van der Waals surface area contributed by atoms with Gasteiger partial charge in [-0.05, 0) is 23.3 Å². The summed E-state index contributed by atoms with van der Waals surface area (Å²) >= 11 is 0. The van der Waals surface area contributed by atoms with E-state index >= 15 is 0 Å². The average molecular weight is 417 g/mol. The van der Waals surface area contributed by atoms with Crippen molar-refractivity contribution in [2.75, 3.05) is 19.9 Å². The standard InChI is InChI=1S/C24H23N3O4/c1-2-23-25-11-18(12-26-23)24(28)27-13-21(16-6-4-3-5-7-16)31-22(14-27)17-8-9-19-20(10-17)30-15-29-19/h3-12,21-22H,2,13-15H2,1H3/t21-,22+/m0/s1. The summed E-state index contributed by atoms with van der Waals surface area (Å²) in [7, 11) is 0. The van der Waals surface area contributed by atoms with Gasteiger partial charge in [-0.3, -0.25) is 4.79 Å². The third-order valence-electron chi connectivity index (χ3n) is 5.60. The molecule has 5 rings (SSSR count). The summed E-state index contributed by atoms with van der Waals surface area (Å²) in [4.78, 5) is 23.7. The smallest absolute Gasteiger partial charge is 0.257 e. The molecule has 7 heteroatoms. The lowest BCUT2D eigenvalue weighted by molar-refractivity contribution is -0.0797.